The molecule has 170 valence electrons. The van der Waals surface area contributed by atoms with Crippen LogP contribution in [-0.2, 0) is 23.6 Å². The molecule has 0 rings (SSSR count). The molecular weight excluding hydrogens is 409 g/mol. The van der Waals surface area contributed by atoms with E-state index >= 15 is 0 Å². The van der Waals surface area contributed by atoms with Gasteiger partial charge in [0, 0.05) is 6.42 Å². The fourth-order valence-corrected chi connectivity index (χ4v) is 4.14. The number of ether oxygens (including phenoxy) is 2. The number of esters is 2. The van der Waals surface area contributed by atoms with Gasteiger partial charge in [0.1, 0.15) is 12.1 Å². The highest BCUT2D eigenvalue weighted by Crippen LogP contribution is 2.56. The molecule has 0 aromatic rings. The molecule has 0 radical (unpaired) electrons. The molecule has 0 unspecified atom stereocenters. The third-order valence-corrected chi connectivity index (χ3v) is 6.17. The van der Waals surface area contributed by atoms with Crippen LogP contribution in [0.2, 0.25) is 0 Å². The van der Waals surface area contributed by atoms with E-state index in [9.17, 15) is 22.9 Å². The molecule has 3 N–H and O–H groups in total. The highest BCUT2D eigenvalue weighted by Gasteiger charge is 2.52. The van der Waals surface area contributed by atoms with Crippen LogP contribution in [0.15, 0.2) is 11.6 Å². The maximum absolute atomic E-state index is 14.9. The first-order valence-electron chi connectivity index (χ1n) is 9.36. The van der Waals surface area contributed by atoms with Gasteiger partial charge in [0.2, 0.25) is 0 Å². The lowest BCUT2D eigenvalue weighted by molar-refractivity contribution is -0.149. The molecule has 0 bridgehead atoms. The fraction of sp³-hybridized carbons (Fsp3) is 0.778. The maximum Gasteiger partial charge on any atom is 0.327 e. The minimum atomic E-state index is -4.86. The Hall–Kier alpha value is -1.35. The van der Waals surface area contributed by atoms with Crippen molar-refractivity contribution < 1.29 is 37.5 Å². The van der Waals surface area contributed by atoms with Gasteiger partial charge >= 0.3 is 17.6 Å². The number of hydrogen-bond acceptors (Lipinski definition) is 6. The van der Waals surface area contributed by atoms with Crippen molar-refractivity contribution in [3.05, 3.63) is 11.6 Å². The Balaban J connectivity index is 5.75. The second kappa shape index (κ2) is 11.7. The van der Waals surface area contributed by atoms with E-state index in [0.29, 0.717) is 0 Å². The Kier molecular flexibility index (Phi) is 11.2. The second-order valence-corrected chi connectivity index (χ2v) is 9.75. The molecule has 0 aromatic carbocycles. The van der Waals surface area contributed by atoms with E-state index in [1.165, 1.54) is 20.8 Å². The van der Waals surface area contributed by atoms with Crippen LogP contribution in [0.5, 0.6) is 0 Å². The van der Waals surface area contributed by atoms with Gasteiger partial charge in [-0.05, 0) is 48.5 Å². The Bertz CT molecular complexity index is 606. The Labute approximate surface area is 170 Å². The summed E-state index contributed by atoms with van der Waals surface area (Å²) < 4.78 is 53.0. The number of hydrogen-bond donors (Lipinski definition) is 3. The third-order valence-electron chi connectivity index (χ3n) is 3.57. The van der Waals surface area contributed by atoms with Gasteiger partial charge in [-0.1, -0.05) is 11.6 Å². The summed E-state index contributed by atoms with van der Waals surface area (Å²) in [6, 6.07) is -2.67. The number of carbonyl (C=O) groups is 2. The number of allylic oxidation sites excluding steroid dienone is 1. The molecule has 0 amide bonds. The molecule has 8 nitrogen and oxygen atoms in total. The quantitative estimate of drug-likeness (QED) is 0.240. The molecule has 2 atom stereocenters. The van der Waals surface area contributed by atoms with Crippen LogP contribution < -0.4 is 10.2 Å². The normalized spacial score (nSPS) is 15.4. The van der Waals surface area contributed by atoms with E-state index in [1.807, 2.05) is 0 Å². The number of alkyl halides is 2. The summed E-state index contributed by atoms with van der Waals surface area (Å²) in [5.41, 5.74) is -3.61. The first-order valence-corrected chi connectivity index (χ1v) is 11.1. The minimum absolute atomic E-state index is 0.260. The molecule has 0 aliphatic heterocycles. The van der Waals surface area contributed by atoms with Crippen LogP contribution >= 0.6 is 7.44 Å². The van der Waals surface area contributed by atoms with Crippen LogP contribution in [0.1, 0.15) is 54.9 Å². The minimum Gasteiger partial charge on any atom is -0.462 e. The van der Waals surface area contributed by atoms with Gasteiger partial charge in [-0.3, -0.25) is 14.2 Å². The van der Waals surface area contributed by atoms with E-state index in [2.05, 4.69) is 10.2 Å². The number of nitrogens with one attached hydrogen (secondary N) is 2. The van der Waals surface area contributed by atoms with Crippen molar-refractivity contribution in [3.63, 3.8) is 0 Å². The van der Waals surface area contributed by atoms with E-state index in [4.69, 9.17) is 14.6 Å². The van der Waals surface area contributed by atoms with Gasteiger partial charge in [-0.15, -0.1) is 0 Å². The summed E-state index contributed by atoms with van der Waals surface area (Å²) in [5.74, 6) is -1.73. The van der Waals surface area contributed by atoms with Crippen molar-refractivity contribution in [1.82, 2.24) is 10.2 Å². The predicted octanol–water partition coefficient (Wildman–Crippen LogP) is 2.96. The van der Waals surface area contributed by atoms with Crippen LogP contribution in [0.4, 0.5) is 8.78 Å². The summed E-state index contributed by atoms with van der Waals surface area (Å²) in [6.07, 6.45) is -0.914. The maximum atomic E-state index is 14.9. The lowest BCUT2D eigenvalue weighted by Crippen LogP contribution is -2.47. The van der Waals surface area contributed by atoms with Crippen molar-refractivity contribution in [1.29, 1.82) is 0 Å². The molecule has 0 aromatic heterocycles. The van der Waals surface area contributed by atoms with E-state index in [-0.39, 0.29) is 5.57 Å². The SMILES string of the molecule is C/C(=C\CC(F)(F)P(=O)(N[C@@H](C)C(=O)OC(C)C)N[C@@H](C)C(=O)OC(C)C)CO. The van der Waals surface area contributed by atoms with Gasteiger partial charge in [0.25, 0.3) is 7.44 Å². The molecule has 29 heavy (non-hydrogen) atoms. The molecule has 0 fully saturated rings. The number of aliphatic hydroxyl groups excluding tert-OH is 1. The number of rotatable bonds is 12. The average Bonchev–Trinajstić information content (AvgIpc) is 2.57. The largest absolute Gasteiger partial charge is 0.462 e. The molecular formula is C18H33F2N2O6P. The first kappa shape index (κ1) is 27.6. The van der Waals surface area contributed by atoms with Crippen LogP contribution in [0.25, 0.3) is 0 Å². The Morgan fingerprint density at radius 1 is 1.00 bits per heavy atom. The van der Waals surface area contributed by atoms with Gasteiger partial charge in [0.15, 0.2) is 0 Å². The molecule has 0 aliphatic rings. The summed E-state index contributed by atoms with van der Waals surface area (Å²) >= 11 is 0. The second-order valence-electron chi connectivity index (χ2n) is 7.36. The zero-order valence-corrected chi connectivity index (χ0v) is 18.9. The van der Waals surface area contributed by atoms with Crippen molar-refractivity contribution >= 4 is 19.4 Å². The van der Waals surface area contributed by atoms with Gasteiger partial charge in [-0.2, -0.15) is 8.78 Å². The number of halogens is 2. The number of carbonyl (C=O) groups excluding carboxylic acids is 2. The van der Waals surface area contributed by atoms with Crippen molar-refractivity contribution in [3.8, 4) is 0 Å². The number of aliphatic hydroxyl groups is 1. The summed E-state index contributed by atoms with van der Waals surface area (Å²) in [7, 11) is -4.86. The lowest BCUT2D eigenvalue weighted by Gasteiger charge is -2.32. The predicted molar refractivity (Wildman–Crippen MR) is 106 cm³/mol. The Morgan fingerprint density at radius 3 is 1.69 bits per heavy atom. The summed E-state index contributed by atoms with van der Waals surface area (Å²) in [5, 5.41) is 13.3. The highest BCUT2D eigenvalue weighted by molar-refractivity contribution is 7.61. The smallest absolute Gasteiger partial charge is 0.327 e. The van der Waals surface area contributed by atoms with Gasteiger partial charge in [-0.25, -0.2) is 10.2 Å². The molecule has 0 spiro atoms. The van der Waals surface area contributed by atoms with Gasteiger partial charge in [0.05, 0.1) is 18.8 Å². The summed E-state index contributed by atoms with van der Waals surface area (Å²) in [6.45, 7) is 9.82. The van der Waals surface area contributed by atoms with Gasteiger partial charge < -0.3 is 14.6 Å². The molecule has 0 heterocycles. The van der Waals surface area contributed by atoms with Crippen LogP contribution in [0, 0.1) is 0 Å². The van der Waals surface area contributed by atoms with Crippen LogP contribution in [0.3, 0.4) is 0 Å². The fourth-order valence-electron chi connectivity index (χ4n) is 2.04. The van der Waals surface area contributed by atoms with Crippen molar-refractivity contribution in [2.24, 2.45) is 0 Å². The lowest BCUT2D eigenvalue weighted by atomic mass is 10.2. The average molecular weight is 442 g/mol. The molecule has 0 saturated carbocycles. The summed E-state index contributed by atoms with van der Waals surface area (Å²) in [4.78, 5) is 24.0. The zero-order valence-electron chi connectivity index (χ0n) is 18.0. The topological polar surface area (TPSA) is 114 Å². The third kappa shape index (κ3) is 9.33. The van der Waals surface area contributed by atoms with E-state index in [0.717, 1.165) is 6.08 Å². The van der Waals surface area contributed by atoms with E-state index in [1.54, 1.807) is 27.7 Å². The standard InChI is InChI=1S/C18H33F2N2O6P/c1-11(2)27-16(24)14(6)21-29(26,18(19,20)9-8-13(5)10-23)22-15(7)17(25)28-12(3)4/h8,11-12,14-15,23H,9-10H2,1-7H3,(H2,21,22,26)/b13-8+/t14-,15-/m0/s1. The highest BCUT2D eigenvalue weighted by atomic mass is 31.2. The monoisotopic (exact) mass is 442 g/mol. The van der Waals surface area contributed by atoms with E-state index < -0.39 is 62.4 Å². The Morgan fingerprint density at radius 2 is 1.38 bits per heavy atom. The molecule has 11 heteroatoms. The molecule has 0 saturated heterocycles. The first-order chi connectivity index (χ1) is 13.1. The zero-order chi connectivity index (χ0) is 23.0. The van der Waals surface area contributed by atoms with Crippen molar-refractivity contribution in [2.75, 3.05) is 6.61 Å². The van der Waals surface area contributed by atoms with Crippen molar-refractivity contribution in [2.45, 2.75) is 84.8 Å². The van der Waals surface area contributed by atoms with Crippen LogP contribution in [-0.4, -0.2) is 53.6 Å². The molecule has 0 aliphatic carbocycles.